The Morgan fingerprint density at radius 3 is 2.69 bits per heavy atom. The highest BCUT2D eigenvalue weighted by Crippen LogP contribution is 2.35. The van der Waals surface area contributed by atoms with Gasteiger partial charge < -0.3 is 10.3 Å². The highest BCUT2D eigenvalue weighted by atomic mass is 19.1. The number of nitrogens with two attached hydrogens (primary N) is 1. The van der Waals surface area contributed by atoms with Crippen molar-refractivity contribution in [2.75, 3.05) is 11.4 Å². The van der Waals surface area contributed by atoms with Crippen molar-refractivity contribution >= 4 is 17.6 Å². The average Bonchev–Trinajstić information content (AvgIpc) is 3.57. The van der Waals surface area contributed by atoms with E-state index in [9.17, 15) is 18.4 Å². The zero-order valence-electron chi connectivity index (χ0n) is 18.5. The molecule has 1 unspecified atom stereocenters. The summed E-state index contributed by atoms with van der Waals surface area (Å²) < 4.78 is 35.4. The van der Waals surface area contributed by atoms with Crippen LogP contribution in [0.2, 0.25) is 0 Å². The molecule has 4 aromatic rings. The Hall–Kier alpha value is -4.48. The van der Waals surface area contributed by atoms with Crippen LogP contribution in [-0.4, -0.2) is 43.3 Å². The maximum atomic E-state index is 14.7. The molecule has 1 aromatic carbocycles. The molecule has 0 bridgehead atoms. The molecule has 2 N–H and O–H groups in total. The zero-order valence-corrected chi connectivity index (χ0v) is 18.5. The van der Waals surface area contributed by atoms with Gasteiger partial charge in [0.05, 0.1) is 18.4 Å². The molecule has 0 saturated carbocycles. The quantitative estimate of drug-likeness (QED) is 0.420. The van der Waals surface area contributed by atoms with Gasteiger partial charge in [-0.05, 0) is 25.5 Å². The first-order valence-electron chi connectivity index (χ1n) is 10.6. The Balaban J connectivity index is 1.55. The number of rotatable bonds is 6. The number of hydrogen-bond donors (Lipinski definition) is 1. The van der Waals surface area contributed by atoms with Crippen LogP contribution >= 0.6 is 0 Å². The molecule has 35 heavy (non-hydrogen) atoms. The van der Waals surface area contributed by atoms with Gasteiger partial charge in [0, 0.05) is 18.2 Å². The smallest absolute Gasteiger partial charge is 0.243 e. The maximum Gasteiger partial charge on any atom is 0.243 e. The van der Waals surface area contributed by atoms with E-state index < -0.39 is 28.9 Å². The molecule has 0 radical (unpaired) electrons. The molecule has 178 valence electrons. The SMILES string of the molecule is CC1(C(N)=O)CCN(c2nc(-c3cc(-c4ccon4)n(Cc4ccccc4F)n3)ncc2F)C1=O. The van der Waals surface area contributed by atoms with Crippen LogP contribution in [0, 0.1) is 17.0 Å². The van der Waals surface area contributed by atoms with E-state index in [1.54, 1.807) is 30.3 Å². The lowest BCUT2D eigenvalue weighted by molar-refractivity contribution is -0.136. The van der Waals surface area contributed by atoms with E-state index in [0.717, 1.165) is 11.1 Å². The van der Waals surface area contributed by atoms with E-state index >= 15 is 0 Å². The van der Waals surface area contributed by atoms with Crippen molar-refractivity contribution in [3.05, 3.63) is 66.1 Å². The number of benzene rings is 1. The summed E-state index contributed by atoms with van der Waals surface area (Å²) in [6, 6.07) is 9.49. The molecule has 1 saturated heterocycles. The van der Waals surface area contributed by atoms with Crippen molar-refractivity contribution in [1.82, 2.24) is 24.9 Å². The normalized spacial score (nSPS) is 17.8. The largest absolute Gasteiger partial charge is 0.369 e. The second-order valence-electron chi connectivity index (χ2n) is 8.32. The molecule has 1 fully saturated rings. The van der Waals surface area contributed by atoms with Crippen LogP contribution in [0.5, 0.6) is 0 Å². The summed E-state index contributed by atoms with van der Waals surface area (Å²) in [7, 11) is 0. The van der Waals surface area contributed by atoms with Crippen LogP contribution < -0.4 is 10.6 Å². The van der Waals surface area contributed by atoms with Crippen molar-refractivity contribution in [3.63, 3.8) is 0 Å². The van der Waals surface area contributed by atoms with E-state index in [0.29, 0.717) is 17.0 Å². The molecule has 4 heterocycles. The summed E-state index contributed by atoms with van der Waals surface area (Å²) in [6.45, 7) is 1.56. The molecule has 1 aliphatic heterocycles. The summed E-state index contributed by atoms with van der Waals surface area (Å²) in [5.74, 6) is -2.92. The van der Waals surface area contributed by atoms with Gasteiger partial charge in [0.2, 0.25) is 11.8 Å². The predicted octanol–water partition coefficient (Wildman–Crippen LogP) is 2.55. The van der Waals surface area contributed by atoms with Gasteiger partial charge in [0.1, 0.15) is 28.9 Å². The van der Waals surface area contributed by atoms with Gasteiger partial charge in [-0.15, -0.1) is 0 Å². The van der Waals surface area contributed by atoms with Crippen LogP contribution in [0.3, 0.4) is 0 Å². The van der Waals surface area contributed by atoms with Crippen LogP contribution in [0.25, 0.3) is 22.9 Å². The third kappa shape index (κ3) is 3.82. The number of nitrogens with zero attached hydrogens (tertiary/aromatic N) is 6. The molecule has 0 spiro atoms. The molecule has 1 aliphatic rings. The monoisotopic (exact) mass is 479 g/mol. The molecule has 5 rings (SSSR count). The van der Waals surface area contributed by atoms with Gasteiger partial charge in [0.25, 0.3) is 0 Å². The second kappa shape index (κ2) is 8.38. The lowest BCUT2D eigenvalue weighted by Crippen LogP contribution is -2.42. The molecule has 12 heteroatoms. The number of hydrogen-bond acceptors (Lipinski definition) is 7. The summed E-state index contributed by atoms with van der Waals surface area (Å²) in [5.41, 5.74) is 5.51. The number of primary amides is 1. The topological polar surface area (TPSA) is 133 Å². The minimum Gasteiger partial charge on any atom is -0.369 e. The van der Waals surface area contributed by atoms with E-state index in [4.69, 9.17) is 10.3 Å². The van der Waals surface area contributed by atoms with Crippen molar-refractivity contribution in [1.29, 1.82) is 0 Å². The van der Waals surface area contributed by atoms with Crippen LogP contribution in [-0.2, 0) is 16.1 Å². The van der Waals surface area contributed by atoms with Crippen LogP contribution in [0.1, 0.15) is 18.9 Å². The molecular weight excluding hydrogens is 460 g/mol. The standard InChI is InChI=1S/C23H19F2N7O3/c1-23(21(26)33)7-8-31(22(23)34)20-15(25)11-27-19(28-20)17-10-18(16-6-9-35-30-16)32(29-17)12-13-4-2-3-5-14(13)24/h2-6,9-11H,7-8,12H2,1H3,(H2,26,33). The van der Waals surface area contributed by atoms with Gasteiger partial charge in [-0.1, -0.05) is 23.4 Å². The van der Waals surface area contributed by atoms with E-state index in [-0.39, 0.29) is 36.8 Å². The van der Waals surface area contributed by atoms with E-state index in [1.165, 1.54) is 23.9 Å². The Morgan fingerprint density at radius 1 is 1.20 bits per heavy atom. The van der Waals surface area contributed by atoms with Gasteiger partial charge in [-0.3, -0.25) is 19.2 Å². The number of amides is 2. The first-order chi connectivity index (χ1) is 16.8. The summed E-state index contributed by atoms with van der Waals surface area (Å²) in [6.07, 6.45) is 2.45. The Kier molecular flexibility index (Phi) is 5.35. The van der Waals surface area contributed by atoms with Crippen molar-refractivity contribution in [2.24, 2.45) is 11.1 Å². The fourth-order valence-corrected chi connectivity index (χ4v) is 3.93. The van der Waals surface area contributed by atoms with E-state index in [2.05, 4.69) is 20.2 Å². The van der Waals surface area contributed by atoms with Gasteiger partial charge in [0.15, 0.2) is 17.5 Å². The lowest BCUT2D eigenvalue weighted by atomic mass is 9.88. The summed E-state index contributed by atoms with van der Waals surface area (Å²) in [5, 5.41) is 8.42. The lowest BCUT2D eigenvalue weighted by Gasteiger charge is -2.20. The molecule has 10 nitrogen and oxygen atoms in total. The van der Waals surface area contributed by atoms with Gasteiger partial charge in [-0.25, -0.2) is 18.7 Å². The molecule has 2 amide bonds. The number of halogens is 2. The zero-order chi connectivity index (χ0) is 24.7. The third-order valence-electron chi connectivity index (χ3n) is 6.06. The number of carbonyl (C=O) groups is 2. The summed E-state index contributed by atoms with van der Waals surface area (Å²) in [4.78, 5) is 34.0. The average molecular weight is 479 g/mol. The van der Waals surface area contributed by atoms with Crippen molar-refractivity contribution in [3.8, 4) is 22.9 Å². The van der Waals surface area contributed by atoms with Gasteiger partial charge in [-0.2, -0.15) is 5.10 Å². The molecule has 0 aliphatic carbocycles. The number of aromatic nitrogens is 5. The first-order valence-corrected chi connectivity index (χ1v) is 10.6. The van der Waals surface area contributed by atoms with Crippen molar-refractivity contribution < 1.29 is 22.9 Å². The maximum absolute atomic E-state index is 14.7. The van der Waals surface area contributed by atoms with Gasteiger partial charge >= 0.3 is 0 Å². The molecule has 1 atom stereocenters. The fraction of sp³-hybridized carbons (Fsp3) is 0.217. The highest BCUT2D eigenvalue weighted by molar-refractivity contribution is 6.12. The molecular formula is C23H19F2N7O3. The second-order valence-corrected chi connectivity index (χ2v) is 8.32. The van der Waals surface area contributed by atoms with Crippen LogP contribution in [0.15, 0.2) is 53.4 Å². The Bertz CT molecular complexity index is 1440. The third-order valence-corrected chi connectivity index (χ3v) is 6.06. The van der Waals surface area contributed by atoms with Crippen LogP contribution in [0.4, 0.5) is 14.6 Å². The summed E-state index contributed by atoms with van der Waals surface area (Å²) >= 11 is 0. The first kappa shape index (κ1) is 22.3. The highest BCUT2D eigenvalue weighted by Gasteiger charge is 2.49. The Labute approximate surface area is 197 Å². The number of carbonyl (C=O) groups excluding carboxylic acids is 2. The predicted molar refractivity (Wildman–Crippen MR) is 118 cm³/mol. The number of anilines is 1. The van der Waals surface area contributed by atoms with Crippen molar-refractivity contribution in [2.45, 2.75) is 19.9 Å². The fourth-order valence-electron chi connectivity index (χ4n) is 3.93. The minimum absolute atomic E-state index is 0.0268. The minimum atomic E-state index is -1.45. The van der Waals surface area contributed by atoms with E-state index in [1.807, 2.05) is 0 Å². The molecule has 3 aromatic heterocycles. The Morgan fingerprint density at radius 2 is 2.00 bits per heavy atom.